The zero-order valence-electron chi connectivity index (χ0n) is 10.8. The van der Waals surface area contributed by atoms with Crippen LogP contribution in [-0.2, 0) is 12.8 Å². The fraction of sp³-hybridized carbons (Fsp3) is 0.286. The lowest BCUT2D eigenvalue weighted by atomic mass is 10.1. The van der Waals surface area contributed by atoms with Gasteiger partial charge in [0.1, 0.15) is 5.82 Å². The molecule has 0 fully saturated rings. The van der Waals surface area contributed by atoms with E-state index in [1.54, 1.807) is 19.1 Å². The van der Waals surface area contributed by atoms with Gasteiger partial charge in [-0.2, -0.15) is 0 Å². The Hall–Kier alpha value is -1.32. The molecular formula is C14H14Cl2N2O. The molecule has 0 aliphatic rings. The van der Waals surface area contributed by atoms with Crippen LogP contribution in [0.4, 0.5) is 0 Å². The number of halogens is 2. The standard InChI is InChI=1S/C14H14Cl2N2O/c1-3-12-8(2)14(19)18-13(17-12)7-9-4-5-10(15)11(16)6-9/h4-6H,3,7H2,1-2H3,(H,17,18,19). The van der Waals surface area contributed by atoms with Crippen molar-refractivity contribution in [2.24, 2.45) is 0 Å². The highest BCUT2D eigenvalue weighted by Crippen LogP contribution is 2.23. The molecule has 3 nitrogen and oxygen atoms in total. The minimum atomic E-state index is -0.0816. The van der Waals surface area contributed by atoms with Crippen molar-refractivity contribution in [3.05, 3.63) is 61.2 Å². The van der Waals surface area contributed by atoms with Crippen molar-refractivity contribution in [2.45, 2.75) is 26.7 Å². The molecule has 19 heavy (non-hydrogen) atoms. The lowest BCUT2D eigenvalue weighted by Gasteiger charge is -2.07. The summed E-state index contributed by atoms with van der Waals surface area (Å²) in [4.78, 5) is 19.0. The second-order valence-electron chi connectivity index (χ2n) is 4.36. The predicted octanol–water partition coefficient (Wildman–Crippen LogP) is 3.54. The maximum Gasteiger partial charge on any atom is 0.254 e. The molecular weight excluding hydrogens is 283 g/mol. The first-order chi connectivity index (χ1) is 9.01. The van der Waals surface area contributed by atoms with E-state index in [4.69, 9.17) is 23.2 Å². The topological polar surface area (TPSA) is 45.8 Å². The van der Waals surface area contributed by atoms with Crippen LogP contribution in [-0.4, -0.2) is 9.97 Å². The lowest BCUT2D eigenvalue weighted by molar-refractivity contribution is 0.868. The number of aryl methyl sites for hydroxylation is 1. The van der Waals surface area contributed by atoms with Crippen LogP contribution in [0.25, 0.3) is 0 Å². The van der Waals surface area contributed by atoms with Crippen molar-refractivity contribution < 1.29 is 0 Å². The molecule has 2 aromatic rings. The normalized spacial score (nSPS) is 10.7. The molecule has 0 radical (unpaired) electrons. The summed E-state index contributed by atoms with van der Waals surface area (Å²) in [5, 5.41) is 1.02. The van der Waals surface area contributed by atoms with Crippen LogP contribution in [0.15, 0.2) is 23.0 Å². The summed E-state index contributed by atoms with van der Waals surface area (Å²) in [6.07, 6.45) is 1.27. The van der Waals surface area contributed by atoms with Crippen molar-refractivity contribution in [1.29, 1.82) is 0 Å². The van der Waals surface area contributed by atoms with Gasteiger partial charge in [0.15, 0.2) is 0 Å². The number of nitrogens with zero attached hydrogens (tertiary/aromatic N) is 1. The zero-order chi connectivity index (χ0) is 14.0. The average molecular weight is 297 g/mol. The van der Waals surface area contributed by atoms with Crippen LogP contribution in [0.1, 0.15) is 29.6 Å². The van der Waals surface area contributed by atoms with Gasteiger partial charge in [0.25, 0.3) is 5.56 Å². The average Bonchev–Trinajstić information content (AvgIpc) is 2.38. The molecule has 100 valence electrons. The van der Waals surface area contributed by atoms with Gasteiger partial charge in [0, 0.05) is 12.0 Å². The zero-order valence-corrected chi connectivity index (χ0v) is 12.3. The summed E-state index contributed by atoms with van der Waals surface area (Å²) < 4.78 is 0. The first kappa shape index (κ1) is 14.1. The van der Waals surface area contributed by atoms with E-state index in [0.717, 1.165) is 17.7 Å². The summed E-state index contributed by atoms with van der Waals surface area (Å²) >= 11 is 11.8. The van der Waals surface area contributed by atoms with Gasteiger partial charge in [-0.25, -0.2) is 4.98 Å². The Balaban J connectivity index is 2.35. The van der Waals surface area contributed by atoms with Crippen molar-refractivity contribution in [3.8, 4) is 0 Å². The molecule has 0 amide bonds. The Morgan fingerprint density at radius 2 is 2.00 bits per heavy atom. The third-order valence-corrected chi connectivity index (χ3v) is 3.73. The third kappa shape index (κ3) is 3.17. The number of hydrogen-bond acceptors (Lipinski definition) is 2. The highest BCUT2D eigenvalue weighted by molar-refractivity contribution is 6.42. The van der Waals surface area contributed by atoms with Crippen molar-refractivity contribution >= 4 is 23.2 Å². The number of benzene rings is 1. The van der Waals surface area contributed by atoms with Crippen LogP contribution in [0.2, 0.25) is 10.0 Å². The molecule has 1 heterocycles. The maximum atomic E-state index is 11.8. The van der Waals surface area contributed by atoms with Gasteiger partial charge < -0.3 is 4.98 Å². The first-order valence-electron chi connectivity index (χ1n) is 6.04. The van der Waals surface area contributed by atoms with E-state index >= 15 is 0 Å². The number of rotatable bonds is 3. The number of hydrogen-bond donors (Lipinski definition) is 1. The molecule has 1 N–H and O–H groups in total. The number of aromatic amines is 1. The van der Waals surface area contributed by atoms with E-state index in [1.807, 2.05) is 13.0 Å². The second kappa shape index (κ2) is 5.76. The smallest absolute Gasteiger partial charge is 0.254 e. The van der Waals surface area contributed by atoms with E-state index < -0.39 is 0 Å². The van der Waals surface area contributed by atoms with Crippen molar-refractivity contribution in [1.82, 2.24) is 9.97 Å². The highest BCUT2D eigenvalue weighted by atomic mass is 35.5. The summed E-state index contributed by atoms with van der Waals surface area (Å²) in [7, 11) is 0. The van der Waals surface area contributed by atoms with Crippen molar-refractivity contribution in [3.63, 3.8) is 0 Å². The van der Waals surface area contributed by atoms with E-state index in [9.17, 15) is 4.79 Å². The Morgan fingerprint density at radius 3 is 2.63 bits per heavy atom. The molecule has 0 aliphatic carbocycles. The number of nitrogens with one attached hydrogen (secondary N) is 1. The van der Waals surface area contributed by atoms with Crippen LogP contribution in [0.5, 0.6) is 0 Å². The Kier molecular flexibility index (Phi) is 4.27. The predicted molar refractivity (Wildman–Crippen MR) is 78.2 cm³/mol. The van der Waals surface area contributed by atoms with E-state index in [-0.39, 0.29) is 5.56 Å². The summed E-state index contributed by atoms with van der Waals surface area (Å²) in [5.41, 5.74) is 2.39. The molecule has 2 rings (SSSR count). The van der Waals surface area contributed by atoms with Gasteiger partial charge in [0.2, 0.25) is 0 Å². The molecule has 0 spiro atoms. The molecule has 1 aromatic heterocycles. The largest absolute Gasteiger partial charge is 0.310 e. The minimum Gasteiger partial charge on any atom is -0.310 e. The van der Waals surface area contributed by atoms with Gasteiger partial charge in [-0.1, -0.05) is 36.2 Å². The van der Waals surface area contributed by atoms with Gasteiger partial charge >= 0.3 is 0 Å². The van der Waals surface area contributed by atoms with Gasteiger partial charge in [-0.05, 0) is 31.0 Å². The highest BCUT2D eigenvalue weighted by Gasteiger charge is 2.07. The summed E-state index contributed by atoms with van der Waals surface area (Å²) in [6.45, 7) is 3.77. The monoisotopic (exact) mass is 296 g/mol. The van der Waals surface area contributed by atoms with E-state index in [2.05, 4.69) is 9.97 Å². The third-order valence-electron chi connectivity index (χ3n) is 2.99. The van der Waals surface area contributed by atoms with Crippen LogP contribution in [0.3, 0.4) is 0 Å². The molecule has 0 bridgehead atoms. The van der Waals surface area contributed by atoms with Crippen LogP contribution in [0, 0.1) is 6.92 Å². The van der Waals surface area contributed by atoms with Crippen molar-refractivity contribution in [2.75, 3.05) is 0 Å². The van der Waals surface area contributed by atoms with E-state index in [0.29, 0.717) is 27.9 Å². The molecule has 1 aromatic carbocycles. The SMILES string of the molecule is CCc1nc(Cc2ccc(Cl)c(Cl)c2)[nH]c(=O)c1C. The molecule has 5 heteroatoms. The number of aromatic nitrogens is 2. The van der Waals surface area contributed by atoms with Crippen LogP contribution < -0.4 is 5.56 Å². The van der Waals surface area contributed by atoms with Gasteiger partial charge in [0.05, 0.1) is 15.7 Å². The summed E-state index contributed by atoms with van der Waals surface area (Å²) in [6, 6.07) is 5.40. The minimum absolute atomic E-state index is 0.0816. The maximum absolute atomic E-state index is 11.8. The fourth-order valence-corrected chi connectivity index (χ4v) is 2.22. The fourth-order valence-electron chi connectivity index (χ4n) is 1.90. The summed E-state index contributed by atoms with van der Waals surface area (Å²) in [5.74, 6) is 0.644. The molecule has 0 aliphatic heterocycles. The lowest BCUT2D eigenvalue weighted by Crippen LogP contribution is -2.17. The Bertz CT molecular complexity index is 665. The second-order valence-corrected chi connectivity index (χ2v) is 5.18. The van der Waals surface area contributed by atoms with Gasteiger partial charge in [-0.3, -0.25) is 4.79 Å². The Labute approximate surface area is 121 Å². The van der Waals surface area contributed by atoms with E-state index in [1.165, 1.54) is 0 Å². The quantitative estimate of drug-likeness (QED) is 0.942. The molecule has 0 saturated heterocycles. The number of H-pyrrole nitrogens is 1. The molecule has 0 atom stereocenters. The molecule has 0 saturated carbocycles. The van der Waals surface area contributed by atoms with Crippen LogP contribution >= 0.6 is 23.2 Å². The first-order valence-corrected chi connectivity index (χ1v) is 6.79. The van der Waals surface area contributed by atoms with Gasteiger partial charge in [-0.15, -0.1) is 0 Å². The Morgan fingerprint density at radius 1 is 1.26 bits per heavy atom. The molecule has 0 unspecified atom stereocenters.